The summed E-state index contributed by atoms with van der Waals surface area (Å²) in [6.07, 6.45) is 0. The quantitative estimate of drug-likeness (QED) is 0.229. The highest BCUT2D eigenvalue weighted by molar-refractivity contribution is 6.46. The average molecular weight is 435 g/mol. The molecule has 0 aliphatic heterocycles. The minimum atomic E-state index is 0.519. The molecule has 1 atom stereocenters. The van der Waals surface area contributed by atoms with E-state index >= 15 is 0 Å². The van der Waals surface area contributed by atoms with Crippen LogP contribution >= 0.6 is 0 Å². The van der Waals surface area contributed by atoms with Crippen molar-refractivity contribution >= 4 is 52.9 Å². The molecule has 162 valence electrons. The van der Waals surface area contributed by atoms with Crippen molar-refractivity contribution in [1.82, 2.24) is 0 Å². The molecule has 0 aromatic heterocycles. The van der Waals surface area contributed by atoms with Gasteiger partial charge in [0.2, 0.25) is 0 Å². The van der Waals surface area contributed by atoms with Crippen LogP contribution in [-0.2, 0) is 0 Å². The van der Waals surface area contributed by atoms with Crippen molar-refractivity contribution in [2.45, 2.75) is 41.5 Å². The lowest BCUT2D eigenvalue weighted by molar-refractivity contribution is 0.507. The predicted molar refractivity (Wildman–Crippen MR) is 147 cm³/mol. The van der Waals surface area contributed by atoms with Crippen LogP contribution in [0.25, 0.3) is 37.9 Å². The molecule has 0 N–H and O–H groups in total. The first kappa shape index (κ1) is 21.3. The smallest absolute Gasteiger partial charge is 0.00363 e. The Hall–Kier alpha value is -2.51. The fourth-order valence-electron chi connectivity index (χ4n) is 5.99. The molecule has 0 spiro atoms. The Bertz CT molecular complexity index is 1420. The van der Waals surface area contributed by atoms with Crippen LogP contribution in [-0.4, -0.2) is 15.0 Å². The molecule has 0 radical (unpaired) electrons. The first-order valence-electron chi connectivity index (χ1n) is 12.1. The van der Waals surface area contributed by atoms with Crippen molar-refractivity contribution in [2.24, 2.45) is 23.7 Å². The fourth-order valence-corrected chi connectivity index (χ4v) is 6.97. The zero-order chi connectivity index (χ0) is 22.7. The second kappa shape index (κ2) is 7.81. The van der Waals surface area contributed by atoms with E-state index in [1.54, 1.807) is 16.3 Å². The SMILES string of the molecule is CC(C)C1=C(C(C)C)C(C(C)C)C(=[SiH2])c2cc3cc4cc5ccccc5cc4cc3cc21. The highest BCUT2D eigenvalue weighted by Gasteiger charge is 2.34. The summed E-state index contributed by atoms with van der Waals surface area (Å²) in [4.78, 5) is 0. The molecule has 0 nitrogen and oxygen atoms in total. The maximum Gasteiger partial charge on any atom is 0.00363 e. The van der Waals surface area contributed by atoms with Gasteiger partial charge in [0.25, 0.3) is 0 Å². The summed E-state index contributed by atoms with van der Waals surface area (Å²) in [5.74, 6) is 2.23. The molecule has 0 fully saturated rings. The van der Waals surface area contributed by atoms with Gasteiger partial charge in [-0.25, -0.2) is 0 Å². The van der Waals surface area contributed by atoms with E-state index in [9.17, 15) is 0 Å². The van der Waals surface area contributed by atoms with Crippen molar-refractivity contribution in [2.75, 3.05) is 0 Å². The standard InChI is InChI=1S/C31H34Si/c1-17(2)28-26-15-24-13-22-11-20-9-7-8-10-21(20)12-23(22)14-25(24)16-27(26)31(32)30(19(5)6)29(28)18(3)4/h7-19,30H,32H2,1-6H3. The van der Waals surface area contributed by atoms with Crippen LogP contribution in [0, 0.1) is 23.7 Å². The molecular weight excluding hydrogens is 400 g/mol. The van der Waals surface area contributed by atoms with Crippen molar-refractivity contribution < 1.29 is 0 Å². The third-order valence-corrected chi connectivity index (χ3v) is 8.14. The minimum absolute atomic E-state index is 0.519. The van der Waals surface area contributed by atoms with E-state index in [4.69, 9.17) is 0 Å². The van der Waals surface area contributed by atoms with Gasteiger partial charge < -0.3 is 0 Å². The summed E-state index contributed by atoms with van der Waals surface area (Å²) >= 11 is 0. The first-order valence-corrected chi connectivity index (χ1v) is 12.8. The molecule has 1 aliphatic carbocycles. The number of hydrogen-bond donors (Lipinski definition) is 0. The Balaban J connectivity index is 1.84. The van der Waals surface area contributed by atoms with Gasteiger partial charge in [0.15, 0.2) is 0 Å². The van der Waals surface area contributed by atoms with E-state index in [1.807, 2.05) is 0 Å². The van der Waals surface area contributed by atoms with Crippen molar-refractivity contribution in [3.05, 3.63) is 77.4 Å². The molecule has 1 aliphatic rings. The zero-order valence-electron chi connectivity index (χ0n) is 20.3. The largest absolute Gasteiger partial charge is 0.0619 e. The molecule has 32 heavy (non-hydrogen) atoms. The molecule has 0 heterocycles. The third-order valence-electron chi connectivity index (χ3n) is 7.32. The predicted octanol–water partition coefficient (Wildman–Crippen LogP) is 7.65. The fraction of sp³-hybridized carbons (Fsp3) is 0.323. The average Bonchev–Trinajstić information content (AvgIpc) is 2.74. The normalized spacial score (nSPS) is 16.9. The number of fused-ring (bicyclic) bond motifs is 4. The zero-order valence-corrected chi connectivity index (χ0v) is 21.7. The van der Waals surface area contributed by atoms with Crippen LogP contribution in [0.1, 0.15) is 52.7 Å². The molecule has 1 unspecified atom stereocenters. The summed E-state index contributed by atoms with van der Waals surface area (Å²) in [6, 6.07) is 23.1. The van der Waals surface area contributed by atoms with E-state index in [-0.39, 0.29) is 0 Å². The summed E-state index contributed by atoms with van der Waals surface area (Å²) in [6.45, 7) is 14.3. The molecule has 5 rings (SSSR count). The summed E-state index contributed by atoms with van der Waals surface area (Å²) < 4.78 is 0. The van der Waals surface area contributed by atoms with Crippen LogP contribution in [0.5, 0.6) is 0 Å². The van der Waals surface area contributed by atoms with Gasteiger partial charge in [-0.1, -0.05) is 76.5 Å². The summed E-state index contributed by atoms with van der Waals surface area (Å²) in [5, 5.41) is 9.56. The van der Waals surface area contributed by atoms with E-state index in [2.05, 4.69) is 112 Å². The van der Waals surface area contributed by atoms with Crippen molar-refractivity contribution in [3.63, 3.8) is 0 Å². The van der Waals surface area contributed by atoms with Gasteiger partial charge >= 0.3 is 0 Å². The van der Waals surface area contributed by atoms with Crippen LogP contribution in [0.2, 0.25) is 0 Å². The Morgan fingerprint density at radius 3 is 1.53 bits per heavy atom. The lowest BCUT2D eigenvalue weighted by atomic mass is 9.67. The number of rotatable bonds is 3. The molecule has 1 heteroatoms. The summed E-state index contributed by atoms with van der Waals surface area (Å²) in [7, 11) is 2.12. The van der Waals surface area contributed by atoms with E-state index < -0.39 is 0 Å². The van der Waals surface area contributed by atoms with Gasteiger partial charge in [-0.05, 0) is 113 Å². The lowest BCUT2D eigenvalue weighted by Crippen LogP contribution is -2.32. The number of hydrogen-bond acceptors (Lipinski definition) is 0. The Labute approximate surface area is 195 Å². The van der Waals surface area contributed by atoms with E-state index in [0.717, 1.165) is 0 Å². The van der Waals surface area contributed by atoms with Crippen LogP contribution in [0.15, 0.2) is 66.2 Å². The van der Waals surface area contributed by atoms with Crippen LogP contribution in [0.3, 0.4) is 0 Å². The lowest BCUT2D eigenvalue weighted by Gasteiger charge is -2.39. The Morgan fingerprint density at radius 2 is 1.06 bits per heavy atom. The second-order valence-corrected chi connectivity index (χ2v) is 11.3. The monoisotopic (exact) mass is 434 g/mol. The van der Waals surface area contributed by atoms with E-state index in [1.165, 1.54) is 43.4 Å². The highest BCUT2D eigenvalue weighted by atomic mass is 28.1. The van der Waals surface area contributed by atoms with Gasteiger partial charge in [0.05, 0.1) is 0 Å². The summed E-state index contributed by atoms with van der Waals surface area (Å²) in [5.41, 5.74) is 6.20. The highest BCUT2D eigenvalue weighted by Crippen LogP contribution is 2.45. The third kappa shape index (κ3) is 3.30. The Morgan fingerprint density at radius 1 is 0.594 bits per heavy atom. The second-order valence-electron chi connectivity index (χ2n) is 10.6. The molecule has 4 aromatic rings. The van der Waals surface area contributed by atoms with Gasteiger partial charge in [0.1, 0.15) is 0 Å². The minimum Gasteiger partial charge on any atom is -0.0619 e. The molecule has 4 aromatic carbocycles. The van der Waals surface area contributed by atoms with Crippen LogP contribution in [0.4, 0.5) is 0 Å². The number of allylic oxidation sites excluding steroid dienone is 2. The van der Waals surface area contributed by atoms with Gasteiger partial charge in [-0.15, -0.1) is 0 Å². The van der Waals surface area contributed by atoms with Crippen molar-refractivity contribution in [1.29, 1.82) is 0 Å². The Kier molecular flexibility index (Phi) is 5.21. The van der Waals surface area contributed by atoms with Gasteiger partial charge in [-0.3, -0.25) is 0 Å². The van der Waals surface area contributed by atoms with Gasteiger partial charge in [0, 0.05) is 5.92 Å². The van der Waals surface area contributed by atoms with Crippen LogP contribution < -0.4 is 0 Å². The van der Waals surface area contributed by atoms with E-state index in [0.29, 0.717) is 23.7 Å². The van der Waals surface area contributed by atoms with Crippen molar-refractivity contribution in [3.8, 4) is 0 Å². The van der Waals surface area contributed by atoms with Gasteiger partial charge in [-0.2, -0.15) is 0 Å². The molecule has 0 saturated heterocycles. The molecular formula is C31H34Si. The first-order chi connectivity index (χ1) is 15.3. The molecule has 0 saturated carbocycles. The number of benzene rings is 4. The topological polar surface area (TPSA) is 0 Å². The molecule has 0 bridgehead atoms. The maximum absolute atomic E-state index is 2.49. The molecule has 0 amide bonds. The maximum atomic E-state index is 2.49.